The molecule has 0 radical (unpaired) electrons. The van der Waals surface area contributed by atoms with E-state index in [0.29, 0.717) is 17.9 Å². The van der Waals surface area contributed by atoms with E-state index in [1.165, 1.54) is 5.56 Å². The lowest BCUT2D eigenvalue weighted by Gasteiger charge is -2.07. The second kappa shape index (κ2) is 7.58. The Morgan fingerprint density at radius 2 is 1.61 bits per heavy atom. The normalized spacial score (nSPS) is 11.6. The molecule has 0 aliphatic rings. The summed E-state index contributed by atoms with van der Waals surface area (Å²) in [6, 6.07) is 14.3. The fraction of sp³-hybridized carbons (Fsp3) is 0.263. The number of phenols is 1. The summed E-state index contributed by atoms with van der Waals surface area (Å²) in [5.74, 6) is 0.412. The van der Waals surface area contributed by atoms with Gasteiger partial charge in [-0.1, -0.05) is 32.9 Å². The van der Waals surface area contributed by atoms with E-state index >= 15 is 0 Å². The topological polar surface area (TPSA) is 61.7 Å². The first kappa shape index (κ1) is 16.7. The third kappa shape index (κ3) is 4.42. The molecule has 4 nitrogen and oxygen atoms in total. The summed E-state index contributed by atoms with van der Waals surface area (Å²) in [6.07, 6.45) is 0.678. The first-order valence-corrected chi connectivity index (χ1v) is 7.77. The third-order valence-corrected chi connectivity index (χ3v) is 3.67. The fourth-order valence-corrected chi connectivity index (χ4v) is 2.20. The lowest BCUT2D eigenvalue weighted by molar-refractivity contribution is 0.0955. The number of benzene rings is 2. The molecule has 120 valence electrons. The van der Waals surface area contributed by atoms with Crippen LogP contribution in [0.25, 0.3) is 0 Å². The Hall–Kier alpha value is -2.62. The van der Waals surface area contributed by atoms with Gasteiger partial charge in [0.05, 0.1) is 5.71 Å². The van der Waals surface area contributed by atoms with E-state index in [4.69, 9.17) is 0 Å². The Labute approximate surface area is 136 Å². The Bertz CT molecular complexity index is 686. The van der Waals surface area contributed by atoms with E-state index in [1.807, 2.05) is 31.2 Å². The third-order valence-electron chi connectivity index (χ3n) is 3.67. The number of hydrazone groups is 1. The number of hydrogen-bond acceptors (Lipinski definition) is 3. The van der Waals surface area contributed by atoms with Gasteiger partial charge in [-0.05, 0) is 59.9 Å². The molecule has 0 saturated heterocycles. The van der Waals surface area contributed by atoms with Crippen molar-refractivity contribution in [3.8, 4) is 5.75 Å². The van der Waals surface area contributed by atoms with Crippen molar-refractivity contribution in [2.75, 3.05) is 0 Å². The van der Waals surface area contributed by atoms with Gasteiger partial charge in [0.2, 0.25) is 0 Å². The maximum atomic E-state index is 12.2. The van der Waals surface area contributed by atoms with Gasteiger partial charge in [-0.2, -0.15) is 5.10 Å². The quantitative estimate of drug-likeness (QED) is 0.646. The second-order valence-electron chi connectivity index (χ2n) is 5.68. The molecule has 2 N–H and O–H groups in total. The lowest BCUT2D eigenvalue weighted by atomic mass is 10.0. The Balaban J connectivity index is 2.10. The van der Waals surface area contributed by atoms with E-state index in [2.05, 4.69) is 24.4 Å². The number of carbonyl (C=O) groups excluding carboxylic acids is 1. The Morgan fingerprint density at radius 1 is 1.04 bits per heavy atom. The van der Waals surface area contributed by atoms with Crippen LogP contribution in [0, 0.1) is 0 Å². The van der Waals surface area contributed by atoms with Gasteiger partial charge >= 0.3 is 0 Å². The predicted molar refractivity (Wildman–Crippen MR) is 92.9 cm³/mol. The van der Waals surface area contributed by atoms with Crippen LogP contribution in [0.2, 0.25) is 0 Å². The molecule has 0 fully saturated rings. The summed E-state index contributed by atoms with van der Waals surface area (Å²) in [4.78, 5) is 12.2. The zero-order chi connectivity index (χ0) is 16.8. The van der Waals surface area contributed by atoms with Crippen molar-refractivity contribution >= 4 is 11.6 Å². The van der Waals surface area contributed by atoms with Crippen molar-refractivity contribution in [1.82, 2.24) is 5.43 Å². The molecule has 0 aromatic heterocycles. The van der Waals surface area contributed by atoms with E-state index < -0.39 is 0 Å². The molecule has 0 aliphatic heterocycles. The standard InChI is InChI=1S/C19H22N2O2/c1-4-18(15-9-11-17(22)12-10-15)20-21-19(23)16-7-5-14(6-8-16)13(2)3/h5-13,22H,4H2,1-3H3,(H,21,23)/b20-18+. The first-order valence-electron chi connectivity index (χ1n) is 7.77. The molecule has 23 heavy (non-hydrogen) atoms. The number of phenolic OH excluding ortho intramolecular Hbond substituents is 1. The van der Waals surface area contributed by atoms with Crippen LogP contribution in [-0.2, 0) is 0 Å². The molecule has 4 heteroatoms. The summed E-state index contributed by atoms with van der Waals surface area (Å²) in [5, 5.41) is 13.5. The molecular formula is C19H22N2O2. The average Bonchev–Trinajstić information content (AvgIpc) is 2.56. The molecule has 2 aromatic carbocycles. The van der Waals surface area contributed by atoms with Crippen LogP contribution in [0.3, 0.4) is 0 Å². The van der Waals surface area contributed by atoms with Crippen LogP contribution in [-0.4, -0.2) is 16.7 Å². The summed E-state index contributed by atoms with van der Waals surface area (Å²) < 4.78 is 0. The number of rotatable bonds is 5. The van der Waals surface area contributed by atoms with Crippen LogP contribution in [0.5, 0.6) is 5.75 Å². The zero-order valence-electron chi connectivity index (χ0n) is 13.7. The van der Waals surface area contributed by atoms with Gasteiger partial charge in [-0.15, -0.1) is 0 Å². The fourth-order valence-electron chi connectivity index (χ4n) is 2.20. The van der Waals surface area contributed by atoms with Crippen molar-refractivity contribution in [3.63, 3.8) is 0 Å². The van der Waals surface area contributed by atoms with Gasteiger partial charge in [0.15, 0.2) is 0 Å². The van der Waals surface area contributed by atoms with Crippen molar-refractivity contribution in [3.05, 3.63) is 65.2 Å². The Kier molecular flexibility index (Phi) is 5.52. The van der Waals surface area contributed by atoms with Crippen LogP contribution in [0.15, 0.2) is 53.6 Å². The minimum absolute atomic E-state index is 0.207. The smallest absolute Gasteiger partial charge is 0.271 e. The summed E-state index contributed by atoms with van der Waals surface area (Å²) in [5.41, 5.74) is 6.02. The van der Waals surface area contributed by atoms with Gasteiger partial charge < -0.3 is 5.11 Å². The van der Waals surface area contributed by atoms with E-state index in [9.17, 15) is 9.90 Å². The SMILES string of the molecule is CC/C(=N\NC(=O)c1ccc(C(C)C)cc1)c1ccc(O)cc1. The molecule has 0 spiro atoms. The highest BCUT2D eigenvalue weighted by Gasteiger charge is 2.07. The maximum absolute atomic E-state index is 12.2. The lowest BCUT2D eigenvalue weighted by Crippen LogP contribution is -2.20. The maximum Gasteiger partial charge on any atom is 0.271 e. The average molecular weight is 310 g/mol. The minimum atomic E-state index is -0.231. The highest BCUT2D eigenvalue weighted by atomic mass is 16.3. The highest BCUT2D eigenvalue weighted by molar-refractivity contribution is 6.02. The number of amides is 1. The minimum Gasteiger partial charge on any atom is -0.508 e. The molecule has 2 rings (SSSR count). The van der Waals surface area contributed by atoms with E-state index in [-0.39, 0.29) is 11.7 Å². The molecule has 2 aromatic rings. The summed E-state index contributed by atoms with van der Waals surface area (Å²) >= 11 is 0. The number of carbonyl (C=O) groups is 1. The van der Waals surface area contributed by atoms with E-state index in [0.717, 1.165) is 11.3 Å². The highest BCUT2D eigenvalue weighted by Crippen LogP contribution is 2.15. The van der Waals surface area contributed by atoms with Crippen molar-refractivity contribution in [2.45, 2.75) is 33.1 Å². The monoisotopic (exact) mass is 310 g/mol. The molecule has 0 heterocycles. The van der Waals surface area contributed by atoms with Gasteiger partial charge in [-0.3, -0.25) is 4.79 Å². The van der Waals surface area contributed by atoms with Crippen LogP contribution in [0.4, 0.5) is 0 Å². The molecule has 1 amide bonds. The summed E-state index contributed by atoms with van der Waals surface area (Å²) in [6.45, 7) is 6.20. The largest absolute Gasteiger partial charge is 0.508 e. The predicted octanol–water partition coefficient (Wildman–Crippen LogP) is 4.06. The zero-order valence-corrected chi connectivity index (χ0v) is 13.7. The van der Waals surface area contributed by atoms with Crippen molar-refractivity contribution in [1.29, 1.82) is 0 Å². The molecule has 0 atom stereocenters. The number of aromatic hydroxyl groups is 1. The number of nitrogens with zero attached hydrogens (tertiary/aromatic N) is 1. The van der Waals surface area contributed by atoms with Crippen LogP contribution >= 0.6 is 0 Å². The van der Waals surface area contributed by atoms with E-state index in [1.54, 1.807) is 24.3 Å². The molecule has 0 unspecified atom stereocenters. The van der Waals surface area contributed by atoms with Crippen molar-refractivity contribution in [2.24, 2.45) is 5.10 Å². The molecule has 0 bridgehead atoms. The first-order chi connectivity index (χ1) is 11.0. The Morgan fingerprint density at radius 3 is 2.13 bits per heavy atom. The van der Waals surface area contributed by atoms with Crippen molar-refractivity contribution < 1.29 is 9.90 Å². The molecular weight excluding hydrogens is 288 g/mol. The van der Waals surface area contributed by atoms with Gasteiger partial charge in [-0.25, -0.2) is 5.43 Å². The van der Waals surface area contributed by atoms with Gasteiger partial charge in [0, 0.05) is 5.56 Å². The van der Waals surface area contributed by atoms with Gasteiger partial charge in [0.25, 0.3) is 5.91 Å². The number of hydrogen-bond donors (Lipinski definition) is 2. The summed E-state index contributed by atoms with van der Waals surface area (Å²) in [7, 11) is 0. The van der Waals surface area contributed by atoms with Gasteiger partial charge in [0.1, 0.15) is 5.75 Å². The number of nitrogens with one attached hydrogen (secondary N) is 1. The molecule has 0 saturated carbocycles. The second-order valence-corrected chi connectivity index (χ2v) is 5.68. The molecule has 0 aliphatic carbocycles. The van der Waals surface area contributed by atoms with Crippen LogP contribution < -0.4 is 5.43 Å². The van der Waals surface area contributed by atoms with Crippen LogP contribution in [0.1, 0.15) is 54.6 Å².